The van der Waals surface area contributed by atoms with E-state index in [9.17, 15) is 4.79 Å². The lowest BCUT2D eigenvalue weighted by Crippen LogP contribution is -2.46. The van der Waals surface area contributed by atoms with Crippen molar-refractivity contribution in [1.82, 2.24) is 5.32 Å². The summed E-state index contributed by atoms with van der Waals surface area (Å²) < 4.78 is 4.96. The van der Waals surface area contributed by atoms with E-state index in [1.807, 2.05) is 20.8 Å². The Labute approximate surface area is 92.6 Å². The Kier molecular flexibility index (Phi) is 6.52. The molecule has 3 N–H and O–H groups in total. The van der Waals surface area contributed by atoms with Crippen LogP contribution in [0.15, 0.2) is 0 Å². The first kappa shape index (κ1) is 14.4. The maximum Gasteiger partial charge on any atom is 0.227 e. The van der Waals surface area contributed by atoms with Crippen LogP contribution in [-0.4, -0.2) is 32.2 Å². The Balaban J connectivity index is 4.10. The predicted molar refractivity (Wildman–Crippen MR) is 61.6 cm³/mol. The molecule has 1 amide bonds. The first-order chi connectivity index (χ1) is 7.00. The maximum atomic E-state index is 11.9. The smallest absolute Gasteiger partial charge is 0.227 e. The molecule has 2 unspecified atom stereocenters. The van der Waals surface area contributed by atoms with E-state index in [-0.39, 0.29) is 11.9 Å². The van der Waals surface area contributed by atoms with Crippen LogP contribution < -0.4 is 11.1 Å². The molecule has 0 fully saturated rings. The zero-order chi connectivity index (χ0) is 11.9. The minimum absolute atomic E-state index is 0.0381. The highest BCUT2D eigenvalue weighted by Crippen LogP contribution is 2.19. The van der Waals surface area contributed by atoms with Crippen LogP contribution in [0.25, 0.3) is 0 Å². The lowest BCUT2D eigenvalue weighted by Gasteiger charge is -2.27. The molecular weight excluding hydrogens is 192 g/mol. The molecule has 0 bridgehead atoms. The van der Waals surface area contributed by atoms with Crippen molar-refractivity contribution in [3.05, 3.63) is 0 Å². The molecule has 0 aromatic rings. The van der Waals surface area contributed by atoms with Gasteiger partial charge in [0.1, 0.15) is 0 Å². The monoisotopic (exact) mass is 216 g/mol. The number of ether oxygens (including phenoxy) is 1. The van der Waals surface area contributed by atoms with E-state index in [4.69, 9.17) is 10.5 Å². The molecule has 0 rings (SSSR count). The van der Waals surface area contributed by atoms with E-state index < -0.39 is 5.41 Å². The van der Waals surface area contributed by atoms with Crippen LogP contribution in [-0.2, 0) is 9.53 Å². The Hall–Kier alpha value is -0.610. The predicted octanol–water partition coefficient (Wildman–Crippen LogP) is 0.903. The molecule has 4 heteroatoms. The SMILES string of the molecule is CCC(C)(CN)C(=O)NC(C)CCOC. The summed E-state index contributed by atoms with van der Waals surface area (Å²) in [5.41, 5.74) is 5.17. The van der Waals surface area contributed by atoms with Crippen molar-refractivity contribution in [1.29, 1.82) is 0 Å². The van der Waals surface area contributed by atoms with Gasteiger partial charge in [0.25, 0.3) is 0 Å². The summed E-state index contributed by atoms with van der Waals surface area (Å²) in [5, 5.41) is 2.96. The van der Waals surface area contributed by atoms with E-state index in [0.717, 1.165) is 12.8 Å². The second-order valence-corrected chi connectivity index (χ2v) is 4.27. The Bertz CT molecular complexity index is 191. The average Bonchev–Trinajstić information content (AvgIpc) is 2.24. The Morgan fingerprint density at radius 1 is 1.60 bits per heavy atom. The Morgan fingerprint density at radius 2 is 2.20 bits per heavy atom. The summed E-state index contributed by atoms with van der Waals surface area (Å²) in [6, 6.07) is 0.134. The second kappa shape index (κ2) is 6.80. The third-order valence-electron chi connectivity index (χ3n) is 2.91. The standard InChI is InChI=1S/C11H24N2O2/c1-5-11(3,8-12)10(14)13-9(2)6-7-15-4/h9H,5-8,12H2,1-4H3,(H,13,14). The number of rotatable bonds is 7. The molecule has 90 valence electrons. The molecule has 0 aromatic heterocycles. The fourth-order valence-electron chi connectivity index (χ4n) is 1.16. The Morgan fingerprint density at radius 3 is 2.60 bits per heavy atom. The molecule has 0 heterocycles. The first-order valence-electron chi connectivity index (χ1n) is 5.50. The summed E-state index contributed by atoms with van der Waals surface area (Å²) in [6.45, 7) is 6.89. The fourth-order valence-corrected chi connectivity index (χ4v) is 1.16. The number of hydrogen-bond acceptors (Lipinski definition) is 3. The fraction of sp³-hybridized carbons (Fsp3) is 0.909. The molecule has 4 nitrogen and oxygen atoms in total. The van der Waals surface area contributed by atoms with Crippen molar-refractivity contribution in [3.8, 4) is 0 Å². The van der Waals surface area contributed by atoms with Gasteiger partial charge in [-0.2, -0.15) is 0 Å². The number of carbonyl (C=O) groups excluding carboxylic acids is 1. The molecule has 2 atom stereocenters. The van der Waals surface area contributed by atoms with Gasteiger partial charge >= 0.3 is 0 Å². The van der Waals surface area contributed by atoms with Gasteiger partial charge in [0.2, 0.25) is 5.91 Å². The number of nitrogens with two attached hydrogens (primary N) is 1. The number of methoxy groups -OCH3 is 1. The van der Waals surface area contributed by atoms with Crippen molar-refractivity contribution in [3.63, 3.8) is 0 Å². The van der Waals surface area contributed by atoms with Crippen molar-refractivity contribution < 1.29 is 9.53 Å². The number of nitrogens with one attached hydrogen (secondary N) is 1. The van der Waals surface area contributed by atoms with Gasteiger partial charge in [0.05, 0.1) is 5.41 Å². The van der Waals surface area contributed by atoms with Crippen LogP contribution in [0, 0.1) is 5.41 Å². The first-order valence-corrected chi connectivity index (χ1v) is 5.50. The van der Waals surface area contributed by atoms with Crippen LogP contribution in [0.5, 0.6) is 0 Å². The molecule has 0 saturated heterocycles. The minimum atomic E-state index is -0.443. The summed E-state index contributed by atoms with van der Waals surface area (Å²) in [6.07, 6.45) is 1.58. The third-order valence-corrected chi connectivity index (χ3v) is 2.91. The largest absolute Gasteiger partial charge is 0.385 e. The van der Waals surface area contributed by atoms with E-state index >= 15 is 0 Å². The summed E-state index contributed by atoms with van der Waals surface area (Å²) in [7, 11) is 1.66. The van der Waals surface area contributed by atoms with Gasteiger partial charge in [-0.1, -0.05) is 6.92 Å². The normalized spacial score (nSPS) is 16.9. The molecule has 0 aliphatic heterocycles. The van der Waals surface area contributed by atoms with Crippen LogP contribution in [0.1, 0.15) is 33.6 Å². The zero-order valence-electron chi connectivity index (χ0n) is 10.3. The number of hydrogen-bond donors (Lipinski definition) is 2. The topological polar surface area (TPSA) is 64.4 Å². The molecule has 0 aliphatic carbocycles. The highest BCUT2D eigenvalue weighted by molar-refractivity contribution is 5.82. The van der Waals surface area contributed by atoms with Crippen LogP contribution in [0.2, 0.25) is 0 Å². The van der Waals surface area contributed by atoms with Gasteiger partial charge in [0.15, 0.2) is 0 Å². The lowest BCUT2D eigenvalue weighted by atomic mass is 9.86. The molecule has 0 aliphatic rings. The second-order valence-electron chi connectivity index (χ2n) is 4.27. The molecule has 0 saturated carbocycles. The van der Waals surface area contributed by atoms with Gasteiger partial charge in [-0.05, 0) is 26.7 Å². The van der Waals surface area contributed by atoms with E-state index in [1.165, 1.54) is 0 Å². The van der Waals surface area contributed by atoms with E-state index in [2.05, 4.69) is 5.32 Å². The van der Waals surface area contributed by atoms with Crippen molar-refractivity contribution in [2.45, 2.75) is 39.7 Å². The number of carbonyl (C=O) groups is 1. The van der Waals surface area contributed by atoms with Gasteiger partial charge in [0, 0.05) is 26.3 Å². The number of amides is 1. The molecule has 15 heavy (non-hydrogen) atoms. The molecule has 0 radical (unpaired) electrons. The molecule has 0 spiro atoms. The lowest BCUT2D eigenvalue weighted by molar-refractivity contribution is -0.130. The third kappa shape index (κ3) is 4.62. The van der Waals surface area contributed by atoms with Gasteiger partial charge in [-0.25, -0.2) is 0 Å². The maximum absolute atomic E-state index is 11.9. The van der Waals surface area contributed by atoms with E-state index in [0.29, 0.717) is 13.2 Å². The quantitative estimate of drug-likeness (QED) is 0.664. The van der Waals surface area contributed by atoms with E-state index in [1.54, 1.807) is 7.11 Å². The van der Waals surface area contributed by atoms with Crippen LogP contribution in [0.3, 0.4) is 0 Å². The minimum Gasteiger partial charge on any atom is -0.385 e. The van der Waals surface area contributed by atoms with Crippen molar-refractivity contribution >= 4 is 5.91 Å². The van der Waals surface area contributed by atoms with Crippen molar-refractivity contribution in [2.24, 2.45) is 11.1 Å². The van der Waals surface area contributed by atoms with Gasteiger partial charge in [-0.3, -0.25) is 4.79 Å². The van der Waals surface area contributed by atoms with Gasteiger partial charge in [-0.15, -0.1) is 0 Å². The van der Waals surface area contributed by atoms with Gasteiger partial charge < -0.3 is 15.8 Å². The highest BCUT2D eigenvalue weighted by Gasteiger charge is 2.30. The van der Waals surface area contributed by atoms with Crippen LogP contribution in [0.4, 0.5) is 0 Å². The average molecular weight is 216 g/mol. The van der Waals surface area contributed by atoms with Crippen molar-refractivity contribution in [2.75, 3.05) is 20.3 Å². The summed E-state index contributed by atoms with van der Waals surface area (Å²) >= 11 is 0. The summed E-state index contributed by atoms with van der Waals surface area (Å²) in [5.74, 6) is 0.0381. The molecular formula is C11H24N2O2. The van der Waals surface area contributed by atoms with Crippen LogP contribution >= 0.6 is 0 Å². The highest BCUT2D eigenvalue weighted by atomic mass is 16.5. The summed E-state index contributed by atoms with van der Waals surface area (Å²) in [4.78, 5) is 11.9. The zero-order valence-corrected chi connectivity index (χ0v) is 10.3. The molecule has 0 aromatic carbocycles.